The number of hydrogen-bond acceptors (Lipinski definition) is 6. The van der Waals surface area contributed by atoms with Gasteiger partial charge < -0.3 is 18.9 Å². The molecule has 0 N–H and O–H groups in total. The molecule has 1 amide bonds. The molecule has 0 unspecified atom stereocenters. The smallest absolute Gasteiger partial charge is 0.416 e. The average molecular weight is 447 g/mol. The number of rotatable bonds is 7. The molecule has 2 aromatic carbocycles. The van der Waals surface area contributed by atoms with E-state index in [1.54, 1.807) is 29.2 Å². The summed E-state index contributed by atoms with van der Waals surface area (Å²) in [6.07, 6.45) is -4.45. The second kappa shape index (κ2) is 8.89. The van der Waals surface area contributed by atoms with Crippen LogP contribution in [0, 0.1) is 0 Å². The molecule has 0 spiro atoms. The molecule has 4 rings (SSSR count). The monoisotopic (exact) mass is 447 g/mol. The zero-order valence-corrected chi connectivity index (χ0v) is 17.1. The Morgan fingerprint density at radius 2 is 1.81 bits per heavy atom. The number of nitrogens with zero attached hydrogens (tertiary/aromatic N) is 3. The zero-order chi connectivity index (χ0) is 22.7. The van der Waals surface area contributed by atoms with Crippen molar-refractivity contribution in [2.45, 2.75) is 19.0 Å². The lowest BCUT2D eigenvalue weighted by Crippen LogP contribution is -2.50. The molecule has 1 fully saturated rings. The summed E-state index contributed by atoms with van der Waals surface area (Å²) in [5, 5.41) is 3.79. The second-order valence-corrected chi connectivity index (χ2v) is 7.22. The maximum Gasteiger partial charge on any atom is 0.416 e. The van der Waals surface area contributed by atoms with Crippen molar-refractivity contribution in [2.24, 2.45) is 0 Å². The first kappa shape index (κ1) is 21.7. The topological polar surface area (TPSA) is 77.7 Å². The van der Waals surface area contributed by atoms with E-state index >= 15 is 0 Å². The molecule has 2 heterocycles. The number of ether oxygens (including phenoxy) is 2. The first-order valence-corrected chi connectivity index (χ1v) is 9.98. The fourth-order valence-electron chi connectivity index (χ4n) is 3.23. The number of amides is 1. The molecule has 0 bridgehead atoms. The van der Waals surface area contributed by atoms with Crippen LogP contribution in [0.15, 0.2) is 53.1 Å². The summed E-state index contributed by atoms with van der Waals surface area (Å²) in [6.45, 7) is 3.09. The van der Waals surface area contributed by atoms with Crippen LogP contribution in [0.3, 0.4) is 0 Å². The van der Waals surface area contributed by atoms with Crippen molar-refractivity contribution in [3.8, 4) is 22.9 Å². The van der Waals surface area contributed by atoms with Gasteiger partial charge in [0.25, 0.3) is 5.91 Å². The Morgan fingerprint density at radius 1 is 1.12 bits per heavy atom. The summed E-state index contributed by atoms with van der Waals surface area (Å²) in [7, 11) is 0. The minimum Gasteiger partial charge on any atom is -0.494 e. The standard InChI is InChI=1S/C22H20F3N3O4/c1-2-30-17-6-8-18(9-7-17)31-13-19(29)28-11-15(12-28)21-26-20(27-32-21)14-4-3-5-16(10-14)22(23,24)25/h3-10,15H,2,11-13H2,1H3. The largest absolute Gasteiger partial charge is 0.494 e. The summed E-state index contributed by atoms with van der Waals surface area (Å²) in [4.78, 5) is 18.1. The van der Waals surface area contributed by atoms with E-state index in [-0.39, 0.29) is 35.7 Å². The number of carbonyl (C=O) groups is 1. The lowest BCUT2D eigenvalue weighted by Gasteiger charge is -2.36. The molecule has 168 valence electrons. The molecule has 1 aliphatic heterocycles. The quantitative estimate of drug-likeness (QED) is 0.541. The normalized spacial score (nSPS) is 14.2. The van der Waals surface area contributed by atoms with Crippen LogP contribution in [0.4, 0.5) is 13.2 Å². The molecule has 0 saturated carbocycles. The summed E-state index contributed by atoms with van der Waals surface area (Å²) < 4.78 is 54.8. The third kappa shape index (κ3) is 4.84. The molecular formula is C22H20F3N3O4. The fraction of sp³-hybridized carbons (Fsp3) is 0.318. The number of benzene rings is 2. The first-order chi connectivity index (χ1) is 15.3. The van der Waals surface area contributed by atoms with E-state index in [1.165, 1.54) is 12.1 Å². The van der Waals surface area contributed by atoms with Crippen molar-refractivity contribution in [3.05, 3.63) is 60.0 Å². The molecular weight excluding hydrogens is 427 g/mol. The number of likely N-dealkylation sites (tertiary alicyclic amines) is 1. The van der Waals surface area contributed by atoms with Gasteiger partial charge in [0.2, 0.25) is 11.7 Å². The summed E-state index contributed by atoms with van der Waals surface area (Å²) >= 11 is 0. The van der Waals surface area contributed by atoms with Crippen molar-refractivity contribution >= 4 is 5.91 Å². The van der Waals surface area contributed by atoms with Crippen LogP contribution < -0.4 is 9.47 Å². The minimum absolute atomic E-state index is 0.0784. The maximum absolute atomic E-state index is 12.9. The lowest BCUT2D eigenvalue weighted by atomic mass is 10.00. The first-order valence-electron chi connectivity index (χ1n) is 9.98. The van der Waals surface area contributed by atoms with Gasteiger partial charge in [-0.2, -0.15) is 18.2 Å². The summed E-state index contributed by atoms with van der Waals surface area (Å²) in [6, 6.07) is 11.7. The summed E-state index contributed by atoms with van der Waals surface area (Å²) in [5.74, 6) is 1.29. The second-order valence-electron chi connectivity index (χ2n) is 7.22. The van der Waals surface area contributed by atoms with Gasteiger partial charge in [0.15, 0.2) is 6.61 Å². The molecule has 7 nitrogen and oxygen atoms in total. The van der Waals surface area contributed by atoms with E-state index in [1.807, 2.05) is 6.92 Å². The fourth-order valence-corrected chi connectivity index (χ4v) is 3.23. The number of alkyl halides is 3. The van der Waals surface area contributed by atoms with Crippen molar-refractivity contribution < 1.29 is 32.0 Å². The minimum atomic E-state index is -4.45. The van der Waals surface area contributed by atoms with Crippen LogP contribution >= 0.6 is 0 Å². The van der Waals surface area contributed by atoms with E-state index in [9.17, 15) is 18.0 Å². The van der Waals surface area contributed by atoms with Crippen molar-refractivity contribution in [1.29, 1.82) is 0 Å². The van der Waals surface area contributed by atoms with Crippen molar-refractivity contribution in [3.63, 3.8) is 0 Å². The van der Waals surface area contributed by atoms with Crippen LogP contribution in [0.25, 0.3) is 11.4 Å². The number of aromatic nitrogens is 2. The molecule has 0 atom stereocenters. The van der Waals surface area contributed by atoms with E-state index in [2.05, 4.69) is 10.1 Å². The van der Waals surface area contributed by atoms with Gasteiger partial charge in [-0.25, -0.2) is 0 Å². The lowest BCUT2D eigenvalue weighted by molar-refractivity contribution is -0.138. The van der Waals surface area contributed by atoms with Gasteiger partial charge >= 0.3 is 6.18 Å². The van der Waals surface area contributed by atoms with Gasteiger partial charge in [0, 0.05) is 18.7 Å². The highest BCUT2D eigenvalue weighted by Crippen LogP contribution is 2.32. The highest BCUT2D eigenvalue weighted by Gasteiger charge is 2.36. The molecule has 3 aromatic rings. The van der Waals surface area contributed by atoms with E-state index in [0.717, 1.165) is 17.9 Å². The van der Waals surface area contributed by atoms with Gasteiger partial charge in [0.05, 0.1) is 18.1 Å². The van der Waals surface area contributed by atoms with Crippen LogP contribution in [-0.2, 0) is 11.0 Å². The van der Waals surface area contributed by atoms with Crippen molar-refractivity contribution in [1.82, 2.24) is 15.0 Å². The SMILES string of the molecule is CCOc1ccc(OCC(=O)N2CC(c3nc(-c4cccc(C(F)(F)F)c4)no3)C2)cc1. The molecule has 1 aliphatic rings. The molecule has 1 saturated heterocycles. The van der Waals surface area contributed by atoms with Crippen LogP contribution in [0.1, 0.15) is 24.3 Å². The van der Waals surface area contributed by atoms with Gasteiger partial charge in [-0.3, -0.25) is 4.79 Å². The third-order valence-corrected chi connectivity index (χ3v) is 4.97. The number of halogens is 3. The Kier molecular flexibility index (Phi) is 6.02. The van der Waals surface area contributed by atoms with Gasteiger partial charge in [-0.05, 0) is 43.3 Å². The molecule has 1 aromatic heterocycles. The number of hydrogen-bond donors (Lipinski definition) is 0. The van der Waals surface area contributed by atoms with Crippen LogP contribution in [0.5, 0.6) is 11.5 Å². The Bertz CT molecular complexity index is 1080. The third-order valence-electron chi connectivity index (χ3n) is 4.97. The molecule has 0 radical (unpaired) electrons. The summed E-state index contributed by atoms with van der Waals surface area (Å²) in [5.41, 5.74) is -0.569. The highest BCUT2D eigenvalue weighted by atomic mass is 19.4. The highest BCUT2D eigenvalue weighted by molar-refractivity contribution is 5.78. The molecule has 10 heteroatoms. The van der Waals surface area contributed by atoms with E-state index in [4.69, 9.17) is 14.0 Å². The van der Waals surface area contributed by atoms with Gasteiger partial charge in [0.1, 0.15) is 11.5 Å². The predicted octanol–water partition coefficient (Wildman–Crippen LogP) is 4.16. The van der Waals surface area contributed by atoms with Crippen molar-refractivity contribution in [2.75, 3.05) is 26.3 Å². The van der Waals surface area contributed by atoms with Gasteiger partial charge in [-0.1, -0.05) is 17.3 Å². The van der Waals surface area contributed by atoms with E-state index < -0.39 is 11.7 Å². The number of carbonyl (C=O) groups excluding carboxylic acids is 1. The predicted molar refractivity (Wildman–Crippen MR) is 107 cm³/mol. The molecule has 32 heavy (non-hydrogen) atoms. The maximum atomic E-state index is 12.9. The Labute approximate surface area is 181 Å². The Morgan fingerprint density at radius 3 is 2.47 bits per heavy atom. The molecule has 0 aliphatic carbocycles. The van der Waals surface area contributed by atoms with Crippen LogP contribution in [0.2, 0.25) is 0 Å². The Hall–Kier alpha value is -3.56. The zero-order valence-electron chi connectivity index (χ0n) is 17.1. The van der Waals surface area contributed by atoms with Gasteiger partial charge in [-0.15, -0.1) is 0 Å². The Balaban J connectivity index is 1.29. The van der Waals surface area contributed by atoms with Crippen LogP contribution in [-0.4, -0.2) is 47.3 Å². The average Bonchev–Trinajstić information content (AvgIpc) is 3.22. The van der Waals surface area contributed by atoms with E-state index in [0.29, 0.717) is 25.4 Å².